The minimum absolute atomic E-state index is 0.120. The van der Waals surface area contributed by atoms with Crippen LogP contribution in [0.5, 0.6) is 0 Å². The standard InChI is InChI=1S/C10H14N4O3/c1-11-9-3-2-6(12-13-9)10(17)14-4-7(15)8(16)5-14/h2-3,7-8,15-16H,4-5H2,1H3,(H,11,13). The third-order valence-corrected chi connectivity index (χ3v) is 2.69. The number of aromatic nitrogens is 2. The second kappa shape index (κ2) is 4.64. The molecule has 92 valence electrons. The minimum atomic E-state index is -0.886. The summed E-state index contributed by atoms with van der Waals surface area (Å²) in [6.07, 6.45) is -1.77. The Morgan fingerprint density at radius 2 is 2.00 bits per heavy atom. The van der Waals surface area contributed by atoms with Crippen LogP contribution in [0.2, 0.25) is 0 Å². The number of likely N-dealkylation sites (tertiary alicyclic amines) is 1. The molecule has 7 heteroatoms. The Morgan fingerprint density at radius 1 is 1.35 bits per heavy atom. The van der Waals surface area contributed by atoms with Gasteiger partial charge in [0.2, 0.25) is 0 Å². The lowest BCUT2D eigenvalue weighted by atomic mass is 10.3. The largest absolute Gasteiger partial charge is 0.388 e. The van der Waals surface area contributed by atoms with Crippen LogP contribution < -0.4 is 5.32 Å². The van der Waals surface area contributed by atoms with E-state index in [1.165, 1.54) is 4.90 Å². The molecule has 0 bridgehead atoms. The molecule has 2 rings (SSSR count). The van der Waals surface area contributed by atoms with Crippen molar-refractivity contribution in [3.05, 3.63) is 17.8 Å². The third-order valence-electron chi connectivity index (χ3n) is 2.69. The molecular weight excluding hydrogens is 224 g/mol. The summed E-state index contributed by atoms with van der Waals surface area (Å²) in [5.74, 6) is 0.235. The van der Waals surface area contributed by atoms with Crippen molar-refractivity contribution in [1.29, 1.82) is 0 Å². The van der Waals surface area contributed by atoms with Gasteiger partial charge in [0.25, 0.3) is 5.91 Å². The summed E-state index contributed by atoms with van der Waals surface area (Å²) in [7, 11) is 1.71. The van der Waals surface area contributed by atoms with Crippen molar-refractivity contribution in [3.8, 4) is 0 Å². The predicted octanol–water partition coefficient (Wildman–Crippen LogP) is -1.30. The number of nitrogens with one attached hydrogen (secondary N) is 1. The van der Waals surface area contributed by atoms with Crippen molar-refractivity contribution >= 4 is 11.7 Å². The molecule has 1 amide bonds. The van der Waals surface area contributed by atoms with E-state index in [0.717, 1.165) is 0 Å². The van der Waals surface area contributed by atoms with E-state index in [9.17, 15) is 15.0 Å². The Labute approximate surface area is 98.1 Å². The fourth-order valence-electron chi connectivity index (χ4n) is 1.68. The number of β-amino-alcohol motifs (C(OH)–C–C–N with tert-alkyl or cyclic N) is 2. The van der Waals surface area contributed by atoms with Crippen LogP contribution in [0.4, 0.5) is 5.82 Å². The SMILES string of the molecule is CNc1ccc(C(=O)N2CC(O)C(O)C2)nn1. The summed E-state index contributed by atoms with van der Waals surface area (Å²) in [4.78, 5) is 13.3. The highest BCUT2D eigenvalue weighted by molar-refractivity contribution is 5.92. The van der Waals surface area contributed by atoms with Crippen molar-refractivity contribution in [2.75, 3.05) is 25.5 Å². The van der Waals surface area contributed by atoms with Gasteiger partial charge in [-0.1, -0.05) is 0 Å². The van der Waals surface area contributed by atoms with Crippen molar-refractivity contribution in [2.24, 2.45) is 0 Å². The lowest BCUT2D eigenvalue weighted by molar-refractivity contribution is 0.0572. The highest BCUT2D eigenvalue weighted by atomic mass is 16.3. The number of carbonyl (C=O) groups is 1. The van der Waals surface area contributed by atoms with E-state index in [-0.39, 0.29) is 24.7 Å². The van der Waals surface area contributed by atoms with Gasteiger partial charge >= 0.3 is 0 Å². The first-order valence-corrected chi connectivity index (χ1v) is 5.28. The average Bonchev–Trinajstić information content (AvgIpc) is 2.69. The zero-order valence-corrected chi connectivity index (χ0v) is 9.37. The van der Waals surface area contributed by atoms with E-state index < -0.39 is 12.2 Å². The molecular formula is C10H14N4O3. The highest BCUT2D eigenvalue weighted by Crippen LogP contribution is 2.13. The highest BCUT2D eigenvalue weighted by Gasteiger charge is 2.33. The Balaban J connectivity index is 2.09. The maximum atomic E-state index is 11.9. The maximum absolute atomic E-state index is 11.9. The first kappa shape index (κ1) is 11.7. The summed E-state index contributed by atoms with van der Waals surface area (Å²) in [5, 5.41) is 29.1. The second-order valence-corrected chi connectivity index (χ2v) is 3.90. The topological polar surface area (TPSA) is 98.6 Å². The maximum Gasteiger partial charge on any atom is 0.274 e. The quantitative estimate of drug-likeness (QED) is 0.592. The van der Waals surface area contributed by atoms with Gasteiger partial charge in [-0.05, 0) is 12.1 Å². The van der Waals surface area contributed by atoms with Gasteiger partial charge in [0, 0.05) is 20.1 Å². The third kappa shape index (κ3) is 2.34. The molecule has 1 aliphatic rings. The van der Waals surface area contributed by atoms with Gasteiger partial charge in [0.15, 0.2) is 5.69 Å². The van der Waals surface area contributed by atoms with Crippen LogP contribution in [0.25, 0.3) is 0 Å². The van der Waals surface area contributed by atoms with Gasteiger partial charge in [0.1, 0.15) is 5.82 Å². The summed E-state index contributed by atoms with van der Waals surface area (Å²) in [5.41, 5.74) is 0.199. The number of carbonyl (C=O) groups excluding carboxylic acids is 1. The summed E-state index contributed by atoms with van der Waals surface area (Å²) < 4.78 is 0. The van der Waals surface area contributed by atoms with Crippen LogP contribution in [-0.4, -0.2) is 63.6 Å². The van der Waals surface area contributed by atoms with Crippen molar-refractivity contribution in [2.45, 2.75) is 12.2 Å². The number of aliphatic hydroxyl groups is 2. The molecule has 1 fully saturated rings. The molecule has 1 aromatic rings. The zero-order chi connectivity index (χ0) is 12.4. The second-order valence-electron chi connectivity index (χ2n) is 3.90. The first-order chi connectivity index (χ1) is 8.11. The number of hydrogen-bond donors (Lipinski definition) is 3. The molecule has 0 aromatic carbocycles. The van der Waals surface area contributed by atoms with E-state index in [2.05, 4.69) is 15.5 Å². The fourth-order valence-corrected chi connectivity index (χ4v) is 1.68. The Morgan fingerprint density at radius 3 is 2.47 bits per heavy atom. The Bertz CT molecular complexity index is 399. The average molecular weight is 238 g/mol. The van der Waals surface area contributed by atoms with Gasteiger partial charge in [-0.15, -0.1) is 10.2 Å². The van der Waals surface area contributed by atoms with Crippen LogP contribution in [-0.2, 0) is 0 Å². The van der Waals surface area contributed by atoms with Gasteiger partial charge in [0.05, 0.1) is 12.2 Å². The van der Waals surface area contributed by atoms with Crippen LogP contribution >= 0.6 is 0 Å². The van der Waals surface area contributed by atoms with E-state index in [0.29, 0.717) is 5.82 Å². The number of amides is 1. The lowest BCUT2D eigenvalue weighted by Crippen LogP contribution is -2.30. The van der Waals surface area contributed by atoms with Gasteiger partial charge in [-0.25, -0.2) is 0 Å². The molecule has 2 atom stereocenters. The van der Waals surface area contributed by atoms with Crippen LogP contribution in [0, 0.1) is 0 Å². The van der Waals surface area contributed by atoms with Crippen LogP contribution in [0.15, 0.2) is 12.1 Å². The molecule has 2 heterocycles. The van der Waals surface area contributed by atoms with Crippen molar-refractivity contribution in [1.82, 2.24) is 15.1 Å². The first-order valence-electron chi connectivity index (χ1n) is 5.28. The molecule has 0 aliphatic carbocycles. The molecule has 0 spiro atoms. The molecule has 1 aliphatic heterocycles. The van der Waals surface area contributed by atoms with Gasteiger partial charge in [-0.2, -0.15) is 0 Å². The molecule has 1 aromatic heterocycles. The molecule has 0 saturated carbocycles. The molecule has 1 saturated heterocycles. The smallest absolute Gasteiger partial charge is 0.274 e. The molecule has 3 N–H and O–H groups in total. The summed E-state index contributed by atoms with van der Waals surface area (Å²) in [6.45, 7) is 0.241. The molecule has 0 radical (unpaired) electrons. The van der Waals surface area contributed by atoms with E-state index in [1.807, 2.05) is 0 Å². The summed E-state index contributed by atoms with van der Waals surface area (Å²) >= 11 is 0. The summed E-state index contributed by atoms with van der Waals surface area (Å²) in [6, 6.07) is 3.20. The predicted molar refractivity (Wildman–Crippen MR) is 59.5 cm³/mol. The Hall–Kier alpha value is -1.73. The number of hydrogen-bond acceptors (Lipinski definition) is 6. The number of aliphatic hydroxyl groups excluding tert-OH is 2. The van der Waals surface area contributed by atoms with Crippen molar-refractivity contribution < 1.29 is 15.0 Å². The van der Waals surface area contributed by atoms with E-state index >= 15 is 0 Å². The van der Waals surface area contributed by atoms with E-state index in [1.54, 1.807) is 19.2 Å². The van der Waals surface area contributed by atoms with E-state index in [4.69, 9.17) is 0 Å². The van der Waals surface area contributed by atoms with Gasteiger partial charge in [-0.3, -0.25) is 4.79 Å². The molecule has 7 nitrogen and oxygen atoms in total. The lowest BCUT2D eigenvalue weighted by Gasteiger charge is -2.14. The minimum Gasteiger partial charge on any atom is -0.388 e. The molecule has 17 heavy (non-hydrogen) atoms. The number of nitrogens with zero attached hydrogens (tertiary/aromatic N) is 3. The zero-order valence-electron chi connectivity index (χ0n) is 9.37. The van der Waals surface area contributed by atoms with Crippen LogP contribution in [0.3, 0.4) is 0 Å². The normalized spacial score (nSPS) is 23.8. The van der Waals surface area contributed by atoms with Gasteiger partial charge < -0.3 is 20.4 Å². The fraction of sp³-hybridized carbons (Fsp3) is 0.500. The number of anilines is 1. The molecule has 2 unspecified atom stereocenters. The van der Waals surface area contributed by atoms with Crippen molar-refractivity contribution in [3.63, 3.8) is 0 Å². The van der Waals surface area contributed by atoms with Crippen LogP contribution in [0.1, 0.15) is 10.5 Å². The Kier molecular flexibility index (Phi) is 3.21. The number of rotatable bonds is 2. The monoisotopic (exact) mass is 238 g/mol.